The summed E-state index contributed by atoms with van der Waals surface area (Å²) in [6.07, 6.45) is 0. The van der Waals surface area contributed by atoms with Crippen molar-refractivity contribution in [3.05, 3.63) is 62.5 Å². The van der Waals surface area contributed by atoms with Crippen molar-refractivity contribution < 1.29 is 4.79 Å². The molecule has 19 heavy (non-hydrogen) atoms. The highest BCUT2D eigenvalue weighted by molar-refractivity contribution is 9.11. The molecule has 2 nitrogen and oxygen atoms in total. The van der Waals surface area contributed by atoms with Crippen LogP contribution >= 0.6 is 43.5 Å². The lowest BCUT2D eigenvalue weighted by atomic mass is 10.2. The van der Waals surface area contributed by atoms with E-state index < -0.39 is 0 Å². The highest BCUT2D eigenvalue weighted by Crippen LogP contribution is 2.23. The van der Waals surface area contributed by atoms with Crippen LogP contribution in [-0.2, 0) is 5.88 Å². The zero-order valence-electron chi connectivity index (χ0n) is 9.79. The summed E-state index contributed by atoms with van der Waals surface area (Å²) in [4.78, 5) is 12.2. The number of carbonyl (C=O) groups excluding carboxylic acids is 1. The maximum absolute atomic E-state index is 12.2. The summed E-state index contributed by atoms with van der Waals surface area (Å²) in [5, 5.41) is 2.85. The van der Waals surface area contributed by atoms with Gasteiger partial charge in [0.2, 0.25) is 0 Å². The summed E-state index contributed by atoms with van der Waals surface area (Å²) in [7, 11) is 0. The fraction of sp³-hybridized carbons (Fsp3) is 0.0714. The molecule has 0 spiro atoms. The molecule has 0 saturated heterocycles. The number of anilines is 1. The molecular formula is C14H10Br2ClNO. The van der Waals surface area contributed by atoms with Gasteiger partial charge in [-0.2, -0.15) is 0 Å². The van der Waals surface area contributed by atoms with Gasteiger partial charge in [-0.1, -0.05) is 28.1 Å². The fourth-order valence-electron chi connectivity index (χ4n) is 1.60. The minimum atomic E-state index is -0.167. The molecule has 0 fully saturated rings. The van der Waals surface area contributed by atoms with E-state index in [1.807, 2.05) is 36.4 Å². The van der Waals surface area contributed by atoms with Crippen molar-refractivity contribution >= 4 is 55.1 Å². The third kappa shape index (κ3) is 3.81. The molecule has 0 aromatic heterocycles. The highest BCUT2D eigenvalue weighted by Gasteiger charge is 2.11. The molecule has 0 atom stereocenters. The van der Waals surface area contributed by atoms with Crippen molar-refractivity contribution in [1.82, 2.24) is 0 Å². The Morgan fingerprint density at radius 3 is 2.68 bits per heavy atom. The number of benzene rings is 2. The van der Waals surface area contributed by atoms with E-state index >= 15 is 0 Å². The lowest BCUT2D eigenvalue weighted by molar-refractivity contribution is 0.102. The fourth-order valence-corrected chi connectivity index (χ4v) is 2.56. The molecule has 0 aliphatic heterocycles. The third-order valence-corrected chi connectivity index (χ3v) is 4.01. The smallest absolute Gasteiger partial charge is 0.256 e. The summed E-state index contributed by atoms with van der Waals surface area (Å²) in [5.74, 6) is 0.254. The molecule has 2 aromatic rings. The second-order valence-electron chi connectivity index (χ2n) is 3.91. The average Bonchev–Trinajstić information content (AvgIpc) is 2.41. The highest BCUT2D eigenvalue weighted by atomic mass is 79.9. The van der Waals surface area contributed by atoms with Gasteiger partial charge in [-0.05, 0) is 51.8 Å². The second-order valence-corrected chi connectivity index (χ2v) is 5.95. The van der Waals surface area contributed by atoms with Crippen LogP contribution in [0.1, 0.15) is 15.9 Å². The van der Waals surface area contributed by atoms with Gasteiger partial charge >= 0.3 is 0 Å². The van der Waals surface area contributed by atoms with Crippen molar-refractivity contribution in [3.8, 4) is 0 Å². The predicted octanol–water partition coefficient (Wildman–Crippen LogP) is 5.20. The van der Waals surface area contributed by atoms with Gasteiger partial charge in [0, 0.05) is 20.5 Å². The van der Waals surface area contributed by atoms with E-state index in [0.717, 1.165) is 20.2 Å². The third-order valence-electron chi connectivity index (χ3n) is 2.51. The lowest BCUT2D eigenvalue weighted by Crippen LogP contribution is -2.12. The quantitative estimate of drug-likeness (QED) is 0.701. The Morgan fingerprint density at radius 2 is 1.95 bits per heavy atom. The van der Waals surface area contributed by atoms with Gasteiger partial charge in [0.1, 0.15) is 0 Å². The molecule has 2 rings (SSSR count). The SMILES string of the molecule is O=C(Nc1cccc(CCl)c1)c1cc(Br)ccc1Br. The average molecular weight is 404 g/mol. The maximum atomic E-state index is 12.2. The molecule has 0 saturated carbocycles. The Kier molecular flexibility index (Phi) is 5.02. The molecule has 1 amide bonds. The zero-order chi connectivity index (χ0) is 13.8. The maximum Gasteiger partial charge on any atom is 0.256 e. The minimum absolute atomic E-state index is 0.167. The van der Waals surface area contributed by atoms with Crippen LogP contribution in [0.2, 0.25) is 0 Å². The van der Waals surface area contributed by atoms with Gasteiger partial charge in [0.15, 0.2) is 0 Å². The summed E-state index contributed by atoms with van der Waals surface area (Å²) < 4.78 is 1.61. The number of nitrogens with one attached hydrogen (secondary N) is 1. The first-order chi connectivity index (χ1) is 9.10. The molecule has 0 unspecified atom stereocenters. The summed E-state index contributed by atoms with van der Waals surface area (Å²) in [6.45, 7) is 0. The number of carbonyl (C=O) groups is 1. The first kappa shape index (κ1) is 14.6. The van der Waals surface area contributed by atoms with Crippen LogP contribution in [0.15, 0.2) is 51.4 Å². The molecule has 1 N–H and O–H groups in total. The van der Waals surface area contributed by atoms with E-state index in [-0.39, 0.29) is 5.91 Å². The molecule has 0 aliphatic rings. The molecular weight excluding hydrogens is 393 g/mol. The zero-order valence-corrected chi connectivity index (χ0v) is 13.7. The van der Waals surface area contributed by atoms with Gasteiger partial charge in [-0.25, -0.2) is 0 Å². The molecule has 98 valence electrons. The first-order valence-electron chi connectivity index (χ1n) is 5.51. The molecule has 0 heterocycles. The Hall–Kier alpha value is -0.840. The van der Waals surface area contributed by atoms with E-state index in [2.05, 4.69) is 37.2 Å². The number of hydrogen-bond acceptors (Lipinski definition) is 1. The topological polar surface area (TPSA) is 29.1 Å². The number of alkyl halides is 1. The van der Waals surface area contributed by atoms with E-state index in [9.17, 15) is 4.79 Å². The lowest BCUT2D eigenvalue weighted by Gasteiger charge is -2.08. The summed E-state index contributed by atoms with van der Waals surface area (Å²) in [6, 6.07) is 12.9. The number of hydrogen-bond donors (Lipinski definition) is 1. The van der Waals surface area contributed by atoms with Crippen molar-refractivity contribution in [2.75, 3.05) is 5.32 Å². The summed E-state index contributed by atoms with van der Waals surface area (Å²) >= 11 is 12.5. The largest absolute Gasteiger partial charge is 0.322 e. The van der Waals surface area contributed by atoms with Crippen LogP contribution < -0.4 is 5.32 Å². The van der Waals surface area contributed by atoms with Gasteiger partial charge in [0.25, 0.3) is 5.91 Å². The molecule has 0 radical (unpaired) electrons. The Morgan fingerprint density at radius 1 is 1.16 bits per heavy atom. The normalized spacial score (nSPS) is 10.3. The van der Waals surface area contributed by atoms with Crippen molar-refractivity contribution in [2.45, 2.75) is 5.88 Å². The first-order valence-corrected chi connectivity index (χ1v) is 7.63. The predicted molar refractivity (Wildman–Crippen MR) is 85.8 cm³/mol. The van der Waals surface area contributed by atoms with Crippen LogP contribution in [0.5, 0.6) is 0 Å². The van der Waals surface area contributed by atoms with Crippen molar-refractivity contribution in [2.24, 2.45) is 0 Å². The van der Waals surface area contributed by atoms with Crippen LogP contribution in [-0.4, -0.2) is 5.91 Å². The van der Waals surface area contributed by atoms with Crippen molar-refractivity contribution in [3.63, 3.8) is 0 Å². The van der Waals surface area contributed by atoms with Crippen LogP contribution in [0.3, 0.4) is 0 Å². The second kappa shape index (κ2) is 6.55. The Balaban J connectivity index is 2.23. The Bertz CT molecular complexity index is 616. The van der Waals surface area contributed by atoms with E-state index in [4.69, 9.17) is 11.6 Å². The van der Waals surface area contributed by atoms with E-state index in [1.165, 1.54) is 0 Å². The summed E-state index contributed by atoms with van der Waals surface area (Å²) in [5.41, 5.74) is 2.27. The van der Waals surface area contributed by atoms with Gasteiger partial charge < -0.3 is 5.32 Å². The van der Waals surface area contributed by atoms with Crippen molar-refractivity contribution in [1.29, 1.82) is 0 Å². The van der Waals surface area contributed by atoms with Crippen LogP contribution in [0, 0.1) is 0 Å². The number of halogens is 3. The van der Waals surface area contributed by atoms with Gasteiger partial charge in [-0.15, -0.1) is 11.6 Å². The number of rotatable bonds is 3. The van der Waals surface area contributed by atoms with Crippen LogP contribution in [0.25, 0.3) is 0 Å². The Labute approximate surface area is 133 Å². The van der Waals surface area contributed by atoms with E-state index in [0.29, 0.717) is 11.4 Å². The van der Waals surface area contributed by atoms with Gasteiger partial charge in [0.05, 0.1) is 5.56 Å². The molecule has 0 bridgehead atoms. The monoisotopic (exact) mass is 401 g/mol. The molecule has 5 heteroatoms. The minimum Gasteiger partial charge on any atom is -0.322 e. The molecule has 2 aromatic carbocycles. The van der Waals surface area contributed by atoms with E-state index in [1.54, 1.807) is 6.07 Å². The van der Waals surface area contributed by atoms with Crippen LogP contribution in [0.4, 0.5) is 5.69 Å². The molecule has 0 aliphatic carbocycles. The number of amides is 1. The standard InChI is InChI=1S/C14H10Br2ClNO/c15-10-4-5-13(16)12(7-10)14(19)18-11-3-1-2-9(6-11)8-17/h1-7H,8H2,(H,18,19). The van der Waals surface area contributed by atoms with Gasteiger partial charge in [-0.3, -0.25) is 4.79 Å².